The van der Waals surface area contributed by atoms with Crippen LogP contribution in [0.15, 0.2) is 39.1 Å². The van der Waals surface area contributed by atoms with Crippen molar-refractivity contribution in [1.29, 1.82) is 0 Å². The molecule has 2 heterocycles. The van der Waals surface area contributed by atoms with Crippen molar-refractivity contribution in [2.45, 2.75) is 26.4 Å². The lowest BCUT2D eigenvalue weighted by Gasteiger charge is -2.23. The highest BCUT2D eigenvalue weighted by Gasteiger charge is 2.25. The molecule has 2 aromatic rings. The number of aliphatic hydroxyl groups excluding tert-OH is 1. The average Bonchev–Trinajstić information content (AvgIpc) is 2.41. The predicted octanol–water partition coefficient (Wildman–Crippen LogP) is 2.73. The van der Waals surface area contributed by atoms with Gasteiger partial charge in [-0.2, -0.15) is 0 Å². The molecule has 0 saturated heterocycles. The Morgan fingerprint density at radius 2 is 2.25 bits per heavy atom. The summed E-state index contributed by atoms with van der Waals surface area (Å²) >= 11 is 0. The maximum absolute atomic E-state index is 12.1. The smallest absolute Gasteiger partial charge is 0.343 e. The van der Waals surface area contributed by atoms with Crippen LogP contribution in [0.2, 0.25) is 0 Å². The van der Waals surface area contributed by atoms with Crippen molar-refractivity contribution in [1.82, 2.24) is 0 Å². The van der Waals surface area contributed by atoms with Crippen LogP contribution in [-0.4, -0.2) is 11.7 Å². The summed E-state index contributed by atoms with van der Waals surface area (Å²) in [6.07, 6.45) is 1.75. The van der Waals surface area contributed by atoms with Gasteiger partial charge in [0.1, 0.15) is 24.0 Å². The topological polar surface area (TPSA) is 59.7 Å². The number of aliphatic hydroxyl groups is 1. The summed E-state index contributed by atoms with van der Waals surface area (Å²) in [6.45, 7) is 4.12. The number of hydrogen-bond acceptors (Lipinski definition) is 4. The van der Waals surface area contributed by atoms with Crippen molar-refractivity contribution >= 4 is 11.0 Å². The third-order valence-corrected chi connectivity index (χ3v) is 3.47. The molecule has 1 aliphatic rings. The minimum atomic E-state index is -0.685. The average molecular weight is 272 g/mol. The first kappa shape index (κ1) is 12.9. The molecule has 0 fully saturated rings. The number of ether oxygens (including phenoxy) is 1. The van der Waals surface area contributed by atoms with E-state index in [4.69, 9.17) is 9.15 Å². The van der Waals surface area contributed by atoms with Crippen molar-refractivity contribution in [3.63, 3.8) is 0 Å². The summed E-state index contributed by atoms with van der Waals surface area (Å²) in [6, 6.07) is 5.33. The van der Waals surface area contributed by atoms with Crippen LogP contribution >= 0.6 is 0 Å². The lowest BCUT2D eigenvalue weighted by Crippen LogP contribution is -2.20. The number of rotatable bonds is 2. The second-order valence-electron chi connectivity index (χ2n) is 5.23. The van der Waals surface area contributed by atoms with Crippen molar-refractivity contribution in [3.8, 4) is 5.75 Å². The second kappa shape index (κ2) is 4.80. The molecule has 0 spiro atoms. The molecule has 1 atom stereocenters. The van der Waals surface area contributed by atoms with E-state index in [1.165, 1.54) is 0 Å². The number of benzene rings is 1. The molecule has 4 nitrogen and oxygen atoms in total. The van der Waals surface area contributed by atoms with E-state index in [9.17, 15) is 9.90 Å². The number of hydrogen-bond donors (Lipinski definition) is 1. The van der Waals surface area contributed by atoms with E-state index in [1.54, 1.807) is 12.1 Å². The van der Waals surface area contributed by atoms with E-state index >= 15 is 0 Å². The fraction of sp³-hybridized carbons (Fsp3) is 0.312. The molecule has 0 saturated carbocycles. The summed E-state index contributed by atoms with van der Waals surface area (Å²) in [5.41, 5.74) is 2.48. The van der Waals surface area contributed by atoms with E-state index in [2.05, 4.69) is 0 Å². The quantitative estimate of drug-likeness (QED) is 0.674. The molecule has 3 rings (SSSR count). The summed E-state index contributed by atoms with van der Waals surface area (Å²) < 4.78 is 11.0. The van der Waals surface area contributed by atoms with Gasteiger partial charge >= 0.3 is 5.63 Å². The van der Waals surface area contributed by atoms with Gasteiger partial charge in [-0.05, 0) is 25.5 Å². The lowest BCUT2D eigenvalue weighted by molar-refractivity contribution is 0.102. The summed E-state index contributed by atoms with van der Waals surface area (Å²) in [4.78, 5) is 12.1. The molecule has 20 heavy (non-hydrogen) atoms. The third kappa shape index (κ3) is 2.02. The molecule has 1 N–H and O–H groups in total. The highest BCUT2D eigenvalue weighted by molar-refractivity contribution is 5.89. The molecule has 0 bridgehead atoms. The van der Waals surface area contributed by atoms with Crippen LogP contribution < -0.4 is 10.4 Å². The van der Waals surface area contributed by atoms with Gasteiger partial charge in [-0.25, -0.2) is 4.79 Å². The minimum absolute atomic E-state index is 0.164. The third-order valence-electron chi connectivity index (χ3n) is 3.47. The van der Waals surface area contributed by atoms with Gasteiger partial charge in [0.15, 0.2) is 0 Å². The molecule has 0 amide bonds. The van der Waals surface area contributed by atoms with Crippen LogP contribution in [0.3, 0.4) is 0 Å². The van der Waals surface area contributed by atoms with Crippen LogP contribution in [0.25, 0.3) is 11.0 Å². The van der Waals surface area contributed by atoms with E-state index < -0.39 is 6.10 Å². The fourth-order valence-corrected chi connectivity index (χ4v) is 2.45. The van der Waals surface area contributed by atoms with E-state index in [0.29, 0.717) is 28.7 Å². The largest absolute Gasteiger partial charge is 0.489 e. The van der Waals surface area contributed by atoms with Gasteiger partial charge in [-0.3, -0.25) is 0 Å². The molecule has 1 aromatic carbocycles. The Kier molecular flexibility index (Phi) is 3.10. The SMILES string of the molecule is CC(C)=CCc1c2c3c(cccc3oc1=O)C(O)CO2. The van der Waals surface area contributed by atoms with Crippen molar-refractivity contribution < 1.29 is 14.3 Å². The highest BCUT2D eigenvalue weighted by atomic mass is 16.5. The molecular formula is C16H16O4. The monoisotopic (exact) mass is 272 g/mol. The van der Waals surface area contributed by atoms with E-state index in [-0.39, 0.29) is 12.2 Å². The highest BCUT2D eigenvalue weighted by Crippen LogP contribution is 2.38. The first-order valence-corrected chi connectivity index (χ1v) is 6.60. The Morgan fingerprint density at radius 1 is 1.45 bits per heavy atom. The zero-order valence-corrected chi connectivity index (χ0v) is 11.5. The molecule has 0 radical (unpaired) electrons. The van der Waals surface area contributed by atoms with Gasteiger partial charge < -0.3 is 14.3 Å². The Bertz CT molecular complexity index is 751. The van der Waals surface area contributed by atoms with Gasteiger partial charge in [0.25, 0.3) is 0 Å². The predicted molar refractivity (Wildman–Crippen MR) is 76.1 cm³/mol. The lowest BCUT2D eigenvalue weighted by atomic mass is 9.98. The van der Waals surface area contributed by atoms with Crippen LogP contribution in [0.5, 0.6) is 5.75 Å². The van der Waals surface area contributed by atoms with Crippen LogP contribution in [0, 0.1) is 0 Å². The van der Waals surface area contributed by atoms with E-state index in [1.807, 2.05) is 26.0 Å². The normalized spacial score (nSPS) is 16.9. The van der Waals surface area contributed by atoms with Gasteiger partial charge in [0, 0.05) is 6.42 Å². The first-order chi connectivity index (χ1) is 9.58. The Labute approximate surface area is 116 Å². The van der Waals surface area contributed by atoms with Gasteiger partial charge in [0.2, 0.25) is 0 Å². The Balaban J connectivity index is 2.30. The number of allylic oxidation sites excluding steroid dienone is 2. The van der Waals surface area contributed by atoms with Crippen LogP contribution in [0.1, 0.15) is 31.1 Å². The van der Waals surface area contributed by atoms with Crippen molar-refractivity contribution in [2.24, 2.45) is 0 Å². The zero-order chi connectivity index (χ0) is 14.3. The maximum Gasteiger partial charge on any atom is 0.343 e. The Morgan fingerprint density at radius 3 is 3.00 bits per heavy atom. The Hall–Kier alpha value is -2.07. The standard InChI is InChI=1S/C16H16O4/c1-9(2)6-7-11-15-14-10(12(17)8-19-15)4-3-5-13(14)20-16(11)18/h3-6,12,17H,7-8H2,1-2H3. The molecule has 1 unspecified atom stereocenters. The maximum atomic E-state index is 12.1. The summed E-state index contributed by atoms with van der Waals surface area (Å²) in [5, 5.41) is 10.7. The molecule has 1 aromatic heterocycles. The minimum Gasteiger partial charge on any atom is -0.489 e. The van der Waals surface area contributed by atoms with Crippen molar-refractivity contribution in [2.75, 3.05) is 6.61 Å². The van der Waals surface area contributed by atoms with Gasteiger partial charge in [-0.1, -0.05) is 23.8 Å². The molecule has 4 heteroatoms. The summed E-state index contributed by atoms with van der Waals surface area (Å²) in [5.74, 6) is 0.551. The molecule has 0 aliphatic carbocycles. The first-order valence-electron chi connectivity index (χ1n) is 6.60. The van der Waals surface area contributed by atoms with Gasteiger partial charge in [0.05, 0.1) is 10.9 Å². The fourth-order valence-electron chi connectivity index (χ4n) is 2.45. The van der Waals surface area contributed by atoms with E-state index in [0.717, 1.165) is 11.1 Å². The van der Waals surface area contributed by atoms with Crippen LogP contribution in [0.4, 0.5) is 0 Å². The molecular weight excluding hydrogens is 256 g/mol. The van der Waals surface area contributed by atoms with Crippen molar-refractivity contribution in [3.05, 3.63) is 51.4 Å². The zero-order valence-electron chi connectivity index (χ0n) is 11.5. The van der Waals surface area contributed by atoms with Gasteiger partial charge in [-0.15, -0.1) is 0 Å². The second-order valence-corrected chi connectivity index (χ2v) is 5.23. The summed E-state index contributed by atoms with van der Waals surface area (Å²) in [7, 11) is 0. The molecule has 1 aliphatic heterocycles. The molecule has 104 valence electrons. The van der Waals surface area contributed by atoms with Crippen LogP contribution in [-0.2, 0) is 6.42 Å².